The van der Waals surface area contributed by atoms with Crippen LogP contribution in [-0.2, 0) is 6.54 Å². The second-order valence-corrected chi connectivity index (χ2v) is 6.75. The molecule has 5 heteroatoms. The van der Waals surface area contributed by atoms with E-state index >= 15 is 0 Å². The lowest BCUT2D eigenvalue weighted by molar-refractivity contribution is 0.172. The van der Waals surface area contributed by atoms with E-state index in [2.05, 4.69) is 17.6 Å². The largest absolute Gasteiger partial charge is 0.486 e. The van der Waals surface area contributed by atoms with Crippen LogP contribution in [0.15, 0.2) is 36.4 Å². The summed E-state index contributed by atoms with van der Waals surface area (Å²) in [4.78, 5) is 4.91. The van der Waals surface area contributed by atoms with E-state index in [1.54, 1.807) is 0 Å². The number of unbranched alkanes of at least 4 members (excludes halogenated alkanes) is 3. The molecule has 0 radical (unpaired) electrons. The molecule has 1 aliphatic heterocycles. The summed E-state index contributed by atoms with van der Waals surface area (Å²) >= 11 is 0. The lowest BCUT2D eigenvalue weighted by atomic mass is 10.1. The van der Waals surface area contributed by atoms with Crippen molar-refractivity contribution in [1.82, 2.24) is 9.55 Å². The fourth-order valence-corrected chi connectivity index (χ4v) is 3.44. The van der Waals surface area contributed by atoms with Crippen molar-refractivity contribution in [3.8, 4) is 22.9 Å². The molecule has 5 nitrogen and oxygen atoms in total. The third-order valence-electron chi connectivity index (χ3n) is 4.82. The van der Waals surface area contributed by atoms with Gasteiger partial charge in [-0.1, -0.05) is 26.2 Å². The van der Waals surface area contributed by atoms with Gasteiger partial charge in [0.05, 0.1) is 11.0 Å². The average Bonchev–Trinajstić information content (AvgIpc) is 3.01. The van der Waals surface area contributed by atoms with Crippen molar-refractivity contribution in [3.05, 3.63) is 36.4 Å². The predicted molar refractivity (Wildman–Crippen MR) is 105 cm³/mol. The SMILES string of the molecule is CCCCCCn1c(-c2ccc(N)cc2)nc2cc3c(cc21)OCCO3. The Morgan fingerprint density at radius 1 is 1.00 bits per heavy atom. The molecule has 0 saturated heterocycles. The molecule has 1 aliphatic rings. The Morgan fingerprint density at radius 2 is 1.73 bits per heavy atom. The van der Waals surface area contributed by atoms with E-state index in [9.17, 15) is 0 Å². The van der Waals surface area contributed by atoms with Gasteiger partial charge in [0, 0.05) is 29.9 Å². The topological polar surface area (TPSA) is 62.3 Å². The minimum atomic E-state index is 0.584. The van der Waals surface area contributed by atoms with Crippen LogP contribution in [0.1, 0.15) is 32.6 Å². The van der Waals surface area contributed by atoms with Crippen molar-refractivity contribution in [2.24, 2.45) is 0 Å². The highest BCUT2D eigenvalue weighted by molar-refractivity contribution is 5.84. The summed E-state index contributed by atoms with van der Waals surface area (Å²) in [6.45, 7) is 4.35. The van der Waals surface area contributed by atoms with E-state index in [1.165, 1.54) is 19.3 Å². The van der Waals surface area contributed by atoms with Crippen molar-refractivity contribution < 1.29 is 9.47 Å². The van der Waals surface area contributed by atoms with Crippen LogP contribution < -0.4 is 15.2 Å². The van der Waals surface area contributed by atoms with Gasteiger partial charge < -0.3 is 19.8 Å². The number of benzene rings is 2. The van der Waals surface area contributed by atoms with Crippen molar-refractivity contribution in [1.29, 1.82) is 0 Å². The highest BCUT2D eigenvalue weighted by Crippen LogP contribution is 2.36. The number of ether oxygens (including phenoxy) is 2. The Labute approximate surface area is 153 Å². The van der Waals surface area contributed by atoms with Crippen molar-refractivity contribution in [2.75, 3.05) is 18.9 Å². The number of anilines is 1. The highest BCUT2D eigenvalue weighted by Gasteiger charge is 2.18. The Kier molecular flexibility index (Phi) is 4.69. The lowest BCUT2D eigenvalue weighted by Crippen LogP contribution is -2.15. The van der Waals surface area contributed by atoms with Crippen LogP contribution in [0, 0.1) is 0 Å². The number of nitrogens with zero attached hydrogens (tertiary/aromatic N) is 2. The van der Waals surface area contributed by atoms with Gasteiger partial charge >= 0.3 is 0 Å². The maximum atomic E-state index is 5.85. The molecule has 3 aromatic rings. The standard InChI is InChI=1S/C21H25N3O2/c1-2-3-4-5-10-24-18-14-20-19(25-11-12-26-20)13-17(18)23-21(24)15-6-8-16(22)9-7-15/h6-9,13-14H,2-5,10-12,22H2,1H3. The molecule has 0 saturated carbocycles. The van der Waals surface area contributed by atoms with E-state index in [4.69, 9.17) is 20.2 Å². The summed E-state index contributed by atoms with van der Waals surface area (Å²) in [6, 6.07) is 12.0. The maximum absolute atomic E-state index is 5.85. The van der Waals surface area contributed by atoms with Gasteiger partial charge in [0.25, 0.3) is 0 Å². The van der Waals surface area contributed by atoms with Crippen LogP contribution in [-0.4, -0.2) is 22.8 Å². The van der Waals surface area contributed by atoms with Crippen molar-refractivity contribution in [3.63, 3.8) is 0 Å². The number of hydrogen-bond donors (Lipinski definition) is 1. The number of hydrogen-bond acceptors (Lipinski definition) is 4. The lowest BCUT2D eigenvalue weighted by Gasteiger charge is -2.18. The first-order valence-corrected chi connectivity index (χ1v) is 9.42. The fraction of sp³-hybridized carbons (Fsp3) is 0.381. The number of nitrogen functional groups attached to an aromatic ring is 1. The quantitative estimate of drug-likeness (QED) is 0.519. The second-order valence-electron chi connectivity index (χ2n) is 6.75. The van der Waals surface area contributed by atoms with Gasteiger partial charge in [0.15, 0.2) is 11.5 Å². The minimum absolute atomic E-state index is 0.584. The molecule has 2 N–H and O–H groups in total. The zero-order valence-electron chi connectivity index (χ0n) is 15.2. The van der Waals surface area contributed by atoms with Crippen LogP contribution >= 0.6 is 0 Å². The summed E-state index contributed by atoms with van der Waals surface area (Å²) in [5.74, 6) is 2.56. The number of rotatable bonds is 6. The number of nitrogens with two attached hydrogens (primary N) is 1. The molecule has 2 heterocycles. The molecule has 1 aromatic heterocycles. The van der Waals surface area contributed by atoms with Gasteiger partial charge in [0.2, 0.25) is 0 Å². The summed E-state index contributed by atoms with van der Waals surface area (Å²) in [5, 5.41) is 0. The third kappa shape index (κ3) is 3.21. The van der Waals surface area contributed by atoms with Gasteiger partial charge in [-0.3, -0.25) is 0 Å². The van der Waals surface area contributed by atoms with Crippen molar-refractivity contribution >= 4 is 16.7 Å². The first-order valence-electron chi connectivity index (χ1n) is 9.42. The molecule has 4 rings (SSSR count). The monoisotopic (exact) mass is 351 g/mol. The molecular formula is C21H25N3O2. The molecule has 0 unspecified atom stereocenters. The summed E-state index contributed by atoms with van der Waals surface area (Å²) in [6.07, 6.45) is 4.85. The van der Waals surface area contributed by atoms with Crippen LogP contribution in [0.2, 0.25) is 0 Å². The minimum Gasteiger partial charge on any atom is -0.486 e. The molecule has 26 heavy (non-hydrogen) atoms. The normalized spacial score (nSPS) is 13.3. The average molecular weight is 351 g/mol. The van der Waals surface area contributed by atoms with E-state index in [-0.39, 0.29) is 0 Å². The van der Waals surface area contributed by atoms with Gasteiger partial charge in [-0.25, -0.2) is 4.98 Å². The summed E-state index contributed by atoms with van der Waals surface area (Å²) < 4.78 is 13.8. The molecule has 136 valence electrons. The highest BCUT2D eigenvalue weighted by atomic mass is 16.6. The zero-order chi connectivity index (χ0) is 17.9. The van der Waals surface area contributed by atoms with Crippen molar-refractivity contribution in [2.45, 2.75) is 39.2 Å². The van der Waals surface area contributed by atoms with Crippen LogP contribution in [0.25, 0.3) is 22.4 Å². The van der Waals surface area contributed by atoms with E-state index in [1.807, 2.05) is 30.3 Å². The van der Waals surface area contributed by atoms with Crippen LogP contribution in [0.3, 0.4) is 0 Å². The molecular weight excluding hydrogens is 326 g/mol. The molecule has 0 bridgehead atoms. The Morgan fingerprint density at radius 3 is 2.46 bits per heavy atom. The molecule has 0 spiro atoms. The summed E-state index contributed by atoms with van der Waals surface area (Å²) in [5.41, 5.74) is 9.73. The summed E-state index contributed by atoms with van der Waals surface area (Å²) in [7, 11) is 0. The molecule has 0 aliphatic carbocycles. The van der Waals surface area contributed by atoms with Gasteiger partial charge in [-0.15, -0.1) is 0 Å². The number of aromatic nitrogens is 2. The number of imidazole rings is 1. The second kappa shape index (κ2) is 7.28. The number of aryl methyl sites for hydroxylation is 1. The predicted octanol–water partition coefficient (Wildman–Crippen LogP) is 4.64. The first-order chi connectivity index (χ1) is 12.8. The Balaban J connectivity index is 1.78. The van der Waals surface area contributed by atoms with E-state index in [0.717, 1.165) is 52.6 Å². The smallest absolute Gasteiger partial charge is 0.163 e. The molecule has 2 aromatic carbocycles. The van der Waals surface area contributed by atoms with Gasteiger partial charge in [-0.2, -0.15) is 0 Å². The van der Waals surface area contributed by atoms with Crippen LogP contribution in [0.5, 0.6) is 11.5 Å². The molecule has 0 amide bonds. The van der Waals surface area contributed by atoms with E-state index in [0.29, 0.717) is 13.2 Å². The van der Waals surface area contributed by atoms with Gasteiger partial charge in [0.1, 0.15) is 19.0 Å². The van der Waals surface area contributed by atoms with E-state index < -0.39 is 0 Å². The molecule has 0 atom stereocenters. The first kappa shape index (κ1) is 16.8. The van der Waals surface area contributed by atoms with Crippen LogP contribution in [0.4, 0.5) is 5.69 Å². The fourth-order valence-electron chi connectivity index (χ4n) is 3.44. The third-order valence-corrected chi connectivity index (χ3v) is 4.82. The number of fused-ring (bicyclic) bond motifs is 2. The Bertz CT molecular complexity index is 900. The molecule has 0 fully saturated rings. The Hall–Kier alpha value is -2.69. The zero-order valence-corrected chi connectivity index (χ0v) is 15.2. The maximum Gasteiger partial charge on any atom is 0.163 e. The van der Waals surface area contributed by atoms with Gasteiger partial charge in [-0.05, 0) is 30.7 Å².